The van der Waals surface area contributed by atoms with Gasteiger partial charge < -0.3 is 16.0 Å². The maximum absolute atomic E-state index is 13.4. The number of carbonyl (C=O) groups excluding carboxylic acids is 1. The van der Waals surface area contributed by atoms with Gasteiger partial charge in [0.25, 0.3) is 5.56 Å². The molecule has 0 fully saturated rings. The summed E-state index contributed by atoms with van der Waals surface area (Å²) in [6.07, 6.45) is 3.45. The largest absolute Gasteiger partial charge is 0.365 e. The molecule has 3 N–H and O–H groups in total. The van der Waals surface area contributed by atoms with Crippen molar-refractivity contribution in [1.82, 2.24) is 20.2 Å². The lowest BCUT2D eigenvalue weighted by Gasteiger charge is -2.15. The van der Waals surface area contributed by atoms with Gasteiger partial charge in [0.05, 0.1) is 18.4 Å². The first-order valence-electron chi connectivity index (χ1n) is 12.2. The van der Waals surface area contributed by atoms with Crippen molar-refractivity contribution in [3.05, 3.63) is 104 Å². The molecule has 0 unspecified atom stereocenters. The Kier molecular flexibility index (Phi) is 7.54. The summed E-state index contributed by atoms with van der Waals surface area (Å²) in [5.41, 5.74) is 3.69. The molecule has 3 heterocycles. The fraction of sp³-hybridized carbons (Fsp3) is 0.250. The highest BCUT2D eigenvalue weighted by Gasteiger charge is 2.16. The normalized spacial score (nSPS) is 12.7. The molecule has 0 spiro atoms. The van der Waals surface area contributed by atoms with Crippen LogP contribution in [0.15, 0.2) is 77.7 Å². The predicted octanol–water partition coefficient (Wildman–Crippen LogP) is 3.59. The second kappa shape index (κ2) is 11.3. The van der Waals surface area contributed by atoms with Crippen LogP contribution in [0.1, 0.15) is 20.9 Å². The minimum absolute atomic E-state index is 0.0778. The zero-order valence-corrected chi connectivity index (χ0v) is 20.8. The van der Waals surface area contributed by atoms with Crippen LogP contribution >= 0.6 is 11.3 Å². The maximum Gasteiger partial charge on any atom is 0.294 e. The van der Waals surface area contributed by atoms with Crippen molar-refractivity contribution in [2.45, 2.75) is 32.5 Å². The van der Waals surface area contributed by atoms with Gasteiger partial charge in [-0.3, -0.25) is 14.2 Å². The predicted molar refractivity (Wildman–Crippen MR) is 144 cm³/mol. The molecular formula is C28H29N5O2S. The van der Waals surface area contributed by atoms with Gasteiger partial charge >= 0.3 is 0 Å². The topological polar surface area (TPSA) is 88.0 Å². The van der Waals surface area contributed by atoms with E-state index in [-0.39, 0.29) is 23.8 Å². The van der Waals surface area contributed by atoms with Crippen LogP contribution in [0.3, 0.4) is 0 Å². The molecule has 0 aliphatic carbocycles. The van der Waals surface area contributed by atoms with Gasteiger partial charge in [-0.05, 0) is 42.1 Å². The van der Waals surface area contributed by atoms with E-state index >= 15 is 0 Å². The van der Waals surface area contributed by atoms with Crippen molar-refractivity contribution in [3.8, 4) is 11.3 Å². The third-order valence-electron chi connectivity index (χ3n) is 6.24. The van der Waals surface area contributed by atoms with Crippen molar-refractivity contribution in [1.29, 1.82) is 0 Å². The molecule has 5 rings (SSSR count). The number of thiophene rings is 1. The molecule has 1 aliphatic rings. The van der Waals surface area contributed by atoms with Crippen molar-refractivity contribution >= 4 is 23.1 Å². The first kappa shape index (κ1) is 24.0. The van der Waals surface area contributed by atoms with Crippen molar-refractivity contribution in [2.75, 3.05) is 18.4 Å². The number of aromatic nitrogens is 2. The average molecular weight is 500 g/mol. The molecule has 36 heavy (non-hydrogen) atoms. The molecule has 1 amide bonds. The third kappa shape index (κ3) is 5.72. The minimum Gasteiger partial charge on any atom is -0.365 e. The van der Waals surface area contributed by atoms with E-state index in [2.05, 4.69) is 39.1 Å². The van der Waals surface area contributed by atoms with E-state index in [1.807, 2.05) is 48.5 Å². The smallest absolute Gasteiger partial charge is 0.294 e. The molecule has 8 heteroatoms. The van der Waals surface area contributed by atoms with Crippen LogP contribution in [0.4, 0.5) is 5.82 Å². The fourth-order valence-electron chi connectivity index (χ4n) is 4.36. The molecule has 0 saturated carbocycles. The number of nitrogens with zero attached hydrogens (tertiary/aromatic N) is 2. The summed E-state index contributed by atoms with van der Waals surface area (Å²) in [4.78, 5) is 33.2. The van der Waals surface area contributed by atoms with Crippen molar-refractivity contribution in [3.63, 3.8) is 0 Å². The fourth-order valence-corrected chi connectivity index (χ4v) is 5.49. The summed E-state index contributed by atoms with van der Waals surface area (Å²) in [6, 6.07) is 21.8. The Balaban J connectivity index is 1.31. The Labute approximate surface area is 214 Å². The van der Waals surface area contributed by atoms with Gasteiger partial charge in [0, 0.05) is 22.8 Å². The Hall–Kier alpha value is -3.75. The summed E-state index contributed by atoms with van der Waals surface area (Å²) in [5.74, 6) is 0.0389. The lowest BCUT2D eigenvalue weighted by atomic mass is 10.1. The van der Waals surface area contributed by atoms with Crippen LogP contribution < -0.4 is 21.5 Å². The number of carbonyl (C=O) groups is 1. The molecule has 184 valence electrons. The molecule has 0 bridgehead atoms. The Bertz CT molecular complexity index is 1360. The van der Waals surface area contributed by atoms with Crippen molar-refractivity contribution < 1.29 is 4.79 Å². The first-order chi connectivity index (χ1) is 17.7. The molecule has 7 nitrogen and oxygen atoms in total. The lowest BCUT2D eigenvalue weighted by molar-refractivity contribution is -0.121. The van der Waals surface area contributed by atoms with E-state index in [9.17, 15) is 9.59 Å². The molecule has 2 aromatic heterocycles. The zero-order chi connectivity index (χ0) is 24.7. The molecule has 2 aromatic carbocycles. The number of rotatable bonds is 9. The number of anilines is 1. The highest BCUT2D eigenvalue weighted by Crippen LogP contribution is 2.25. The van der Waals surface area contributed by atoms with Gasteiger partial charge in [0.2, 0.25) is 5.91 Å². The summed E-state index contributed by atoms with van der Waals surface area (Å²) in [7, 11) is 0. The van der Waals surface area contributed by atoms with Gasteiger partial charge in [-0.1, -0.05) is 60.7 Å². The highest BCUT2D eigenvalue weighted by atomic mass is 32.1. The molecule has 0 saturated heterocycles. The van der Waals surface area contributed by atoms with Crippen LogP contribution in [-0.4, -0.2) is 28.5 Å². The Morgan fingerprint density at radius 2 is 1.86 bits per heavy atom. The molecule has 1 aliphatic heterocycles. The minimum atomic E-state index is -0.308. The van der Waals surface area contributed by atoms with E-state index in [0.29, 0.717) is 18.8 Å². The van der Waals surface area contributed by atoms with Crippen LogP contribution in [-0.2, 0) is 37.3 Å². The van der Waals surface area contributed by atoms with E-state index in [4.69, 9.17) is 0 Å². The van der Waals surface area contributed by atoms with Crippen LogP contribution in [0.2, 0.25) is 0 Å². The van der Waals surface area contributed by atoms with Gasteiger partial charge in [-0.15, -0.1) is 11.3 Å². The quantitative estimate of drug-likeness (QED) is 0.328. The summed E-state index contributed by atoms with van der Waals surface area (Å²) < 4.78 is 1.51. The molecule has 4 aromatic rings. The second-order valence-corrected chi connectivity index (χ2v) is 10.00. The number of hydrogen-bond acceptors (Lipinski definition) is 6. The van der Waals surface area contributed by atoms with E-state index in [1.54, 1.807) is 17.5 Å². The van der Waals surface area contributed by atoms with E-state index < -0.39 is 0 Å². The van der Waals surface area contributed by atoms with Gasteiger partial charge in [0.1, 0.15) is 6.54 Å². The second-order valence-electron chi connectivity index (χ2n) is 8.78. The summed E-state index contributed by atoms with van der Waals surface area (Å²) in [5, 5.41) is 9.54. The van der Waals surface area contributed by atoms with Crippen LogP contribution in [0.5, 0.6) is 0 Å². The van der Waals surface area contributed by atoms with Gasteiger partial charge in [0.15, 0.2) is 5.82 Å². The summed E-state index contributed by atoms with van der Waals surface area (Å²) >= 11 is 1.73. The van der Waals surface area contributed by atoms with E-state index in [1.165, 1.54) is 20.6 Å². The first-order valence-corrected chi connectivity index (χ1v) is 13.0. The SMILES string of the molecule is O=C(Cn1c(-c2ccccc2)cnc(NCCc2ccccc2)c1=O)NCc1cc2c(s1)CNCC2. The maximum atomic E-state index is 13.4. The molecular weight excluding hydrogens is 470 g/mol. The van der Waals surface area contributed by atoms with Crippen molar-refractivity contribution in [2.24, 2.45) is 0 Å². The standard InChI is InChI=1S/C28H29N5O2S/c34-26(31-16-23-15-22-12-13-29-18-25(22)36-23)19-33-24(21-9-5-2-6-10-21)17-32-27(28(33)35)30-14-11-20-7-3-1-4-8-20/h1-10,15,17,29H,11-14,16,18-19H2,(H,30,32)(H,31,34). The Morgan fingerprint density at radius 1 is 1.08 bits per heavy atom. The number of nitrogens with one attached hydrogen (secondary N) is 3. The highest BCUT2D eigenvalue weighted by molar-refractivity contribution is 7.12. The monoisotopic (exact) mass is 499 g/mol. The van der Waals surface area contributed by atoms with Gasteiger partial charge in [-0.2, -0.15) is 0 Å². The Morgan fingerprint density at radius 3 is 2.64 bits per heavy atom. The van der Waals surface area contributed by atoms with E-state index in [0.717, 1.165) is 36.4 Å². The third-order valence-corrected chi connectivity index (χ3v) is 7.42. The van der Waals surface area contributed by atoms with Crippen LogP contribution in [0, 0.1) is 0 Å². The average Bonchev–Trinajstić information content (AvgIpc) is 3.34. The zero-order valence-electron chi connectivity index (χ0n) is 20.0. The van der Waals surface area contributed by atoms with Gasteiger partial charge in [-0.25, -0.2) is 4.98 Å². The lowest BCUT2D eigenvalue weighted by Crippen LogP contribution is -2.34. The number of fused-ring (bicyclic) bond motifs is 1. The number of hydrogen-bond donors (Lipinski definition) is 3. The number of amides is 1. The van der Waals surface area contributed by atoms with Crippen LogP contribution in [0.25, 0.3) is 11.3 Å². The molecule has 0 atom stereocenters. The summed E-state index contributed by atoms with van der Waals surface area (Å²) in [6.45, 7) is 2.83. The molecule has 0 radical (unpaired) electrons. The number of benzene rings is 2.